The molecule has 0 radical (unpaired) electrons. The second-order valence-corrected chi connectivity index (χ2v) is 5.58. The minimum atomic E-state index is 0.568. The van der Waals surface area contributed by atoms with E-state index in [9.17, 15) is 0 Å². The summed E-state index contributed by atoms with van der Waals surface area (Å²) in [5.74, 6) is 0.882. The number of hydrogen-bond donors (Lipinski definition) is 0. The maximum absolute atomic E-state index is 5.96. The summed E-state index contributed by atoms with van der Waals surface area (Å²) >= 11 is 0. The van der Waals surface area contributed by atoms with Crippen molar-refractivity contribution in [3.8, 4) is 5.75 Å². The van der Waals surface area contributed by atoms with E-state index in [1.807, 2.05) is 18.2 Å². The number of aryl methyl sites for hydroxylation is 1. The smallest absolute Gasteiger partial charge is 0.120 e. The Labute approximate surface area is 137 Å². The standard InChI is InChI=1S/C22H20O/c1-3-4-7-20-15-22(13-10-17(20)2)23-16-18-11-12-19-8-5-6-9-21(19)14-18/h3-15H,1,16H2,2H3/b7-4-. The van der Waals surface area contributed by atoms with E-state index >= 15 is 0 Å². The highest BCUT2D eigenvalue weighted by atomic mass is 16.5. The predicted octanol–water partition coefficient (Wildman–Crippen LogP) is 5.93. The van der Waals surface area contributed by atoms with Crippen LogP contribution in [0.4, 0.5) is 0 Å². The topological polar surface area (TPSA) is 9.23 Å². The summed E-state index contributed by atoms with van der Waals surface area (Å²) in [6.45, 7) is 6.37. The first-order valence-electron chi connectivity index (χ1n) is 7.76. The highest BCUT2D eigenvalue weighted by Gasteiger charge is 2.01. The lowest BCUT2D eigenvalue weighted by molar-refractivity contribution is 0.306. The fourth-order valence-electron chi connectivity index (χ4n) is 2.55. The van der Waals surface area contributed by atoms with Crippen LogP contribution in [0.1, 0.15) is 16.7 Å². The van der Waals surface area contributed by atoms with Crippen LogP contribution in [0.2, 0.25) is 0 Å². The Kier molecular flexibility index (Phi) is 4.58. The molecule has 3 rings (SSSR count). The SMILES string of the molecule is C=C/C=C\c1cc(OCc2ccc3ccccc3c2)ccc1C. The molecule has 1 heteroatoms. The Bertz CT molecular complexity index is 859. The molecular formula is C22H20O. The lowest BCUT2D eigenvalue weighted by Crippen LogP contribution is -1.96. The Morgan fingerprint density at radius 2 is 1.78 bits per heavy atom. The first kappa shape index (κ1) is 15.1. The molecule has 0 N–H and O–H groups in total. The molecular weight excluding hydrogens is 280 g/mol. The molecule has 114 valence electrons. The molecule has 1 nitrogen and oxygen atoms in total. The third-order valence-electron chi connectivity index (χ3n) is 3.88. The molecule has 0 aliphatic rings. The van der Waals surface area contributed by atoms with E-state index in [0.29, 0.717) is 6.61 Å². The van der Waals surface area contributed by atoms with Crippen molar-refractivity contribution in [2.45, 2.75) is 13.5 Å². The molecule has 0 spiro atoms. The molecule has 0 aromatic heterocycles. The fourth-order valence-corrected chi connectivity index (χ4v) is 2.55. The Morgan fingerprint density at radius 1 is 0.957 bits per heavy atom. The number of fused-ring (bicyclic) bond motifs is 1. The molecule has 0 bridgehead atoms. The summed E-state index contributed by atoms with van der Waals surface area (Å²) < 4.78 is 5.96. The van der Waals surface area contributed by atoms with Crippen LogP contribution < -0.4 is 4.74 Å². The molecule has 23 heavy (non-hydrogen) atoms. The minimum Gasteiger partial charge on any atom is -0.489 e. The van der Waals surface area contributed by atoms with E-state index in [-0.39, 0.29) is 0 Å². The second kappa shape index (κ2) is 6.97. The van der Waals surface area contributed by atoms with Gasteiger partial charge in [-0.15, -0.1) is 0 Å². The van der Waals surface area contributed by atoms with Crippen molar-refractivity contribution in [2.75, 3.05) is 0 Å². The Hall–Kier alpha value is -2.80. The lowest BCUT2D eigenvalue weighted by Gasteiger charge is -2.09. The van der Waals surface area contributed by atoms with Crippen molar-refractivity contribution in [3.05, 3.63) is 96.1 Å². The van der Waals surface area contributed by atoms with Crippen LogP contribution in [0.15, 0.2) is 79.4 Å². The summed E-state index contributed by atoms with van der Waals surface area (Å²) in [4.78, 5) is 0. The third-order valence-corrected chi connectivity index (χ3v) is 3.88. The first-order valence-corrected chi connectivity index (χ1v) is 7.76. The summed E-state index contributed by atoms with van der Waals surface area (Å²) in [5.41, 5.74) is 3.55. The molecule has 0 saturated heterocycles. The van der Waals surface area contributed by atoms with Gasteiger partial charge in [0.1, 0.15) is 12.4 Å². The van der Waals surface area contributed by atoms with Crippen molar-refractivity contribution < 1.29 is 4.74 Å². The lowest BCUT2D eigenvalue weighted by atomic mass is 10.1. The Balaban J connectivity index is 1.76. The highest BCUT2D eigenvalue weighted by Crippen LogP contribution is 2.21. The quantitative estimate of drug-likeness (QED) is 0.531. The van der Waals surface area contributed by atoms with Crippen LogP contribution in [-0.2, 0) is 6.61 Å². The molecule has 0 unspecified atom stereocenters. The van der Waals surface area contributed by atoms with E-state index in [0.717, 1.165) is 11.3 Å². The van der Waals surface area contributed by atoms with Crippen molar-refractivity contribution in [1.82, 2.24) is 0 Å². The minimum absolute atomic E-state index is 0.568. The first-order chi connectivity index (χ1) is 11.3. The summed E-state index contributed by atoms with van der Waals surface area (Å²) in [6, 6.07) is 21.0. The number of ether oxygens (including phenoxy) is 1. The van der Waals surface area contributed by atoms with Crippen LogP contribution in [-0.4, -0.2) is 0 Å². The maximum atomic E-state index is 5.96. The summed E-state index contributed by atoms with van der Waals surface area (Å²) in [7, 11) is 0. The van der Waals surface area contributed by atoms with Gasteiger partial charge >= 0.3 is 0 Å². The molecule has 0 saturated carbocycles. The molecule has 3 aromatic carbocycles. The van der Waals surface area contributed by atoms with Crippen LogP contribution in [0.3, 0.4) is 0 Å². The Morgan fingerprint density at radius 3 is 2.61 bits per heavy atom. The molecule has 0 aliphatic heterocycles. The largest absolute Gasteiger partial charge is 0.489 e. The fraction of sp³-hybridized carbons (Fsp3) is 0.0909. The van der Waals surface area contributed by atoms with Gasteiger partial charge in [0.25, 0.3) is 0 Å². The van der Waals surface area contributed by atoms with Gasteiger partial charge in [-0.2, -0.15) is 0 Å². The number of rotatable bonds is 5. The maximum Gasteiger partial charge on any atom is 0.120 e. The summed E-state index contributed by atoms with van der Waals surface area (Å²) in [6.07, 6.45) is 5.77. The number of hydrogen-bond acceptors (Lipinski definition) is 1. The average molecular weight is 300 g/mol. The van der Waals surface area contributed by atoms with E-state index in [4.69, 9.17) is 4.74 Å². The van der Waals surface area contributed by atoms with E-state index in [2.05, 4.69) is 68.1 Å². The number of allylic oxidation sites excluding steroid dienone is 2. The van der Waals surface area contributed by atoms with Crippen LogP contribution in [0, 0.1) is 6.92 Å². The third kappa shape index (κ3) is 3.70. The number of benzene rings is 3. The second-order valence-electron chi connectivity index (χ2n) is 5.58. The zero-order chi connectivity index (χ0) is 16.1. The van der Waals surface area contributed by atoms with Crippen LogP contribution in [0.25, 0.3) is 16.8 Å². The highest BCUT2D eigenvalue weighted by molar-refractivity contribution is 5.82. The molecule has 0 amide bonds. The molecule has 0 aliphatic carbocycles. The van der Waals surface area contributed by atoms with Gasteiger partial charge in [-0.1, -0.05) is 67.3 Å². The van der Waals surface area contributed by atoms with E-state index in [1.54, 1.807) is 6.08 Å². The van der Waals surface area contributed by atoms with Gasteiger partial charge in [-0.05, 0) is 52.6 Å². The van der Waals surface area contributed by atoms with Gasteiger partial charge in [-0.25, -0.2) is 0 Å². The predicted molar refractivity (Wildman–Crippen MR) is 98.7 cm³/mol. The van der Waals surface area contributed by atoms with E-state index in [1.165, 1.54) is 21.9 Å². The summed E-state index contributed by atoms with van der Waals surface area (Å²) in [5, 5.41) is 2.50. The van der Waals surface area contributed by atoms with Gasteiger partial charge in [0.2, 0.25) is 0 Å². The van der Waals surface area contributed by atoms with Crippen molar-refractivity contribution in [3.63, 3.8) is 0 Å². The molecule has 3 aromatic rings. The van der Waals surface area contributed by atoms with Gasteiger partial charge < -0.3 is 4.74 Å². The average Bonchev–Trinajstić information content (AvgIpc) is 2.59. The van der Waals surface area contributed by atoms with Gasteiger partial charge in [-0.3, -0.25) is 0 Å². The van der Waals surface area contributed by atoms with Gasteiger partial charge in [0.05, 0.1) is 0 Å². The normalized spacial score (nSPS) is 11.0. The van der Waals surface area contributed by atoms with E-state index < -0.39 is 0 Å². The van der Waals surface area contributed by atoms with Crippen molar-refractivity contribution >= 4 is 16.8 Å². The molecule has 0 atom stereocenters. The van der Waals surface area contributed by atoms with Gasteiger partial charge in [0, 0.05) is 0 Å². The molecule has 0 fully saturated rings. The van der Waals surface area contributed by atoms with Crippen molar-refractivity contribution in [2.24, 2.45) is 0 Å². The molecule has 0 heterocycles. The van der Waals surface area contributed by atoms with Crippen molar-refractivity contribution in [1.29, 1.82) is 0 Å². The van der Waals surface area contributed by atoms with Gasteiger partial charge in [0.15, 0.2) is 0 Å². The monoisotopic (exact) mass is 300 g/mol. The van der Waals surface area contributed by atoms with Crippen LogP contribution in [0.5, 0.6) is 5.75 Å². The zero-order valence-corrected chi connectivity index (χ0v) is 13.3. The zero-order valence-electron chi connectivity index (χ0n) is 13.3. The van der Waals surface area contributed by atoms with Crippen LogP contribution >= 0.6 is 0 Å².